The number of nitrogens with one attached hydrogen (secondary N) is 1. The molecule has 0 aliphatic rings. The van der Waals surface area contributed by atoms with E-state index in [-0.39, 0.29) is 24.1 Å². The summed E-state index contributed by atoms with van der Waals surface area (Å²) in [6.45, 7) is 6.07. The molecule has 20 heavy (non-hydrogen) atoms. The van der Waals surface area contributed by atoms with Crippen molar-refractivity contribution in [1.29, 1.82) is 0 Å². The molecule has 0 radical (unpaired) electrons. The van der Waals surface area contributed by atoms with Gasteiger partial charge in [-0.05, 0) is 41.9 Å². The van der Waals surface area contributed by atoms with Crippen LogP contribution in [0.3, 0.4) is 0 Å². The average Bonchev–Trinajstić information content (AvgIpc) is 2.35. The molecule has 1 aromatic carbocycles. The number of hydrogen-bond acceptors (Lipinski definition) is 3. The Morgan fingerprint density at radius 2 is 1.85 bits per heavy atom. The standard InChI is InChI=1S/C14H20F3NOS/c1-11(2)9-18-10-12-3-5-13(6-4-12)19-7-8-20-14(15,16)17/h3-6,11,18H,7-10H2,1-2H3. The number of hydrogen-bond donors (Lipinski definition) is 1. The predicted molar refractivity (Wildman–Crippen MR) is 77.0 cm³/mol. The minimum absolute atomic E-state index is 0.0507. The fourth-order valence-electron chi connectivity index (χ4n) is 1.53. The van der Waals surface area contributed by atoms with Crippen LogP contribution in [0.2, 0.25) is 0 Å². The minimum atomic E-state index is -4.19. The fourth-order valence-corrected chi connectivity index (χ4v) is 1.92. The van der Waals surface area contributed by atoms with E-state index in [1.54, 1.807) is 12.1 Å². The maximum atomic E-state index is 11.9. The summed E-state index contributed by atoms with van der Waals surface area (Å²) in [5.74, 6) is 1.10. The van der Waals surface area contributed by atoms with Crippen LogP contribution in [0, 0.1) is 5.92 Å². The lowest BCUT2D eigenvalue weighted by Crippen LogP contribution is -2.18. The Morgan fingerprint density at radius 3 is 2.40 bits per heavy atom. The monoisotopic (exact) mass is 307 g/mol. The van der Waals surface area contributed by atoms with Gasteiger partial charge in [-0.3, -0.25) is 0 Å². The molecule has 0 aliphatic heterocycles. The van der Waals surface area contributed by atoms with E-state index in [2.05, 4.69) is 19.2 Å². The predicted octanol–water partition coefficient (Wildman–Crippen LogP) is 4.06. The summed E-state index contributed by atoms with van der Waals surface area (Å²) in [7, 11) is 0. The SMILES string of the molecule is CC(C)CNCc1ccc(OCCSC(F)(F)F)cc1. The molecule has 0 heterocycles. The molecule has 0 atom stereocenters. The van der Waals surface area contributed by atoms with Gasteiger partial charge in [-0.2, -0.15) is 13.2 Å². The second-order valence-corrected chi connectivity index (χ2v) is 5.97. The van der Waals surface area contributed by atoms with Gasteiger partial charge >= 0.3 is 5.51 Å². The van der Waals surface area contributed by atoms with Crippen LogP contribution in [0.25, 0.3) is 0 Å². The topological polar surface area (TPSA) is 21.3 Å². The van der Waals surface area contributed by atoms with Crippen LogP contribution in [-0.4, -0.2) is 24.4 Å². The van der Waals surface area contributed by atoms with Gasteiger partial charge < -0.3 is 10.1 Å². The van der Waals surface area contributed by atoms with Gasteiger partial charge in [0.2, 0.25) is 0 Å². The maximum Gasteiger partial charge on any atom is 0.441 e. The van der Waals surface area contributed by atoms with Gasteiger partial charge in [-0.15, -0.1) is 0 Å². The van der Waals surface area contributed by atoms with Crippen molar-refractivity contribution >= 4 is 11.8 Å². The first-order valence-electron chi connectivity index (χ1n) is 6.50. The Kier molecular flexibility index (Phi) is 7.23. The van der Waals surface area contributed by atoms with Gasteiger partial charge in [-0.25, -0.2) is 0 Å². The van der Waals surface area contributed by atoms with E-state index in [4.69, 9.17) is 4.74 Å². The second-order valence-electron chi connectivity index (χ2n) is 4.81. The van der Waals surface area contributed by atoms with Gasteiger partial charge in [0.1, 0.15) is 5.75 Å². The molecule has 0 spiro atoms. The Balaban J connectivity index is 2.25. The smallest absolute Gasteiger partial charge is 0.441 e. The van der Waals surface area contributed by atoms with E-state index in [0.29, 0.717) is 11.7 Å². The summed E-state index contributed by atoms with van der Waals surface area (Å²) < 4.78 is 41.0. The first kappa shape index (κ1) is 17.2. The first-order valence-corrected chi connectivity index (χ1v) is 7.48. The fraction of sp³-hybridized carbons (Fsp3) is 0.571. The number of rotatable bonds is 8. The summed E-state index contributed by atoms with van der Waals surface area (Å²) in [4.78, 5) is 0. The molecule has 1 rings (SSSR count). The van der Waals surface area contributed by atoms with Crippen LogP contribution < -0.4 is 10.1 Å². The highest BCUT2D eigenvalue weighted by Crippen LogP contribution is 2.29. The number of ether oxygens (including phenoxy) is 1. The molecular weight excluding hydrogens is 287 g/mol. The molecule has 0 saturated heterocycles. The molecule has 0 amide bonds. The third-order valence-corrected chi connectivity index (χ3v) is 3.12. The molecule has 0 aromatic heterocycles. The zero-order chi connectivity index (χ0) is 15.0. The first-order chi connectivity index (χ1) is 9.37. The summed E-state index contributed by atoms with van der Waals surface area (Å²) in [6.07, 6.45) is 0. The highest BCUT2D eigenvalue weighted by molar-refractivity contribution is 8.00. The quantitative estimate of drug-likeness (QED) is 0.732. The van der Waals surface area contributed by atoms with E-state index in [0.717, 1.165) is 18.7 Å². The van der Waals surface area contributed by atoms with Gasteiger partial charge in [0.15, 0.2) is 0 Å². The highest BCUT2D eigenvalue weighted by atomic mass is 32.2. The molecular formula is C14H20F3NOS. The molecule has 6 heteroatoms. The minimum Gasteiger partial charge on any atom is -0.493 e. The molecule has 0 unspecified atom stereocenters. The molecule has 0 fully saturated rings. The van der Waals surface area contributed by atoms with Crippen LogP contribution in [0.1, 0.15) is 19.4 Å². The van der Waals surface area contributed by atoms with E-state index in [1.165, 1.54) is 0 Å². The number of halogens is 3. The normalized spacial score (nSPS) is 11.9. The molecule has 1 N–H and O–H groups in total. The lowest BCUT2D eigenvalue weighted by atomic mass is 10.2. The lowest BCUT2D eigenvalue weighted by Gasteiger charge is -2.10. The maximum absolute atomic E-state index is 11.9. The van der Waals surface area contributed by atoms with E-state index >= 15 is 0 Å². The summed E-state index contributed by atoms with van der Waals surface area (Å²) in [6, 6.07) is 7.40. The van der Waals surface area contributed by atoms with Crippen LogP contribution in [0.5, 0.6) is 5.75 Å². The Morgan fingerprint density at radius 1 is 1.20 bits per heavy atom. The zero-order valence-electron chi connectivity index (χ0n) is 11.7. The molecule has 0 bridgehead atoms. The average molecular weight is 307 g/mol. The largest absolute Gasteiger partial charge is 0.493 e. The molecule has 0 saturated carbocycles. The summed E-state index contributed by atoms with van der Waals surface area (Å²) >= 11 is -0.0653. The third kappa shape index (κ3) is 8.32. The van der Waals surface area contributed by atoms with Crippen molar-refractivity contribution in [2.24, 2.45) is 5.92 Å². The van der Waals surface area contributed by atoms with Crippen molar-refractivity contribution in [3.63, 3.8) is 0 Å². The second kappa shape index (κ2) is 8.42. The van der Waals surface area contributed by atoms with Crippen molar-refractivity contribution in [2.75, 3.05) is 18.9 Å². The van der Waals surface area contributed by atoms with Crippen molar-refractivity contribution in [1.82, 2.24) is 5.32 Å². The van der Waals surface area contributed by atoms with Crippen LogP contribution in [0.15, 0.2) is 24.3 Å². The number of benzene rings is 1. The Hall–Kier alpha value is -0.880. The van der Waals surface area contributed by atoms with Gasteiger partial charge in [-0.1, -0.05) is 26.0 Å². The molecule has 1 aromatic rings. The van der Waals surface area contributed by atoms with Crippen molar-refractivity contribution in [3.8, 4) is 5.75 Å². The molecule has 2 nitrogen and oxygen atoms in total. The van der Waals surface area contributed by atoms with Crippen molar-refractivity contribution < 1.29 is 17.9 Å². The molecule has 0 aliphatic carbocycles. The molecule has 114 valence electrons. The Labute approximate surface area is 122 Å². The lowest BCUT2D eigenvalue weighted by molar-refractivity contribution is -0.0329. The van der Waals surface area contributed by atoms with E-state index in [9.17, 15) is 13.2 Å². The summed E-state index contributed by atoms with van der Waals surface area (Å²) in [5.41, 5.74) is -3.06. The third-order valence-electron chi connectivity index (χ3n) is 2.42. The van der Waals surface area contributed by atoms with Gasteiger partial charge in [0, 0.05) is 12.3 Å². The number of thioether (sulfide) groups is 1. The van der Waals surface area contributed by atoms with Gasteiger partial charge in [0.05, 0.1) is 6.61 Å². The van der Waals surface area contributed by atoms with Crippen LogP contribution in [-0.2, 0) is 6.54 Å². The zero-order valence-corrected chi connectivity index (χ0v) is 12.5. The van der Waals surface area contributed by atoms with E-state index < -0.39 is 5.51 Å². The van der Waals surface area contributed by atoms with Crippen LogP contribution >= 0.6 is 11.8 Å². The highest BCUT2D eigenvalue weighted by Gasteiger charge is 2.27. The Bertz CT molecular complexity index is 379. The van der Waals surface area contributed by atoms with E-state index in [1.807, 2.05) is 12.1 Å². The van der Waals surface area contributed by atoms with Crippen LogP contribution in [0.4, 0.5) is 13.2 Å². The number of alkyl halides is 3. The van der Waals surface area contributed by atoms with Gasteiger partial charge in [0.25, 0.3) is 0 Å². The van der Waals surface area contributed by atoms with Crippen molar-refractivity contribution in [3.05, 3.63) is 29.8 Å². The van der Waals surface area contributed by atoms with Crippen molar-refractivity contribution in [2.45, 2.75) is 25.9 Å². The summed E-state index contributed by atoms with van der Waals surface area (Å²) in [5, 5.41) is 3.32.